The van der Waals surface area contributed by atoms with E-state index in [1.165, 1.54) is 6.07 Å². The van der Waals surface area contributed by atoms with Crippen molar-refractivity contribution in [2.24, 2.45) is 0 Å². The first-order valence-corrected chi connectivity index (χ1v) is 4.70. The molecule has 2 nitrogen and oxygen atoms in total. The van der Waals surface area contributed by atoms with Crippen LogP contribution in [0.15, 0.2) is 10.5 Å². The summed E-state index contributed by atoms with van der Waals surface area (Å²) in [5.74, 6) is 0. The van der Waals surface area contributed by atoms with E-state index in [2.05, 4.69) is 4.98 Å². The Balaban J connectivity index is 2.95. The molecule has 0 aliphatic carbocycles. The van der Waals surface area contributed by atoms with Crippen LogP contribution in [0.3, 0.4) is 0 Å². The van der Waals surface area contributed by atoms with Crippen LogP contribution in [0.5, 0.6) is 0 Å². The summed E-state index contributed by atoms with van der Waals surface area (Å²) in [5.41, 5.74) is 0.727. The van der Waals surface area contributed by atoms with Crippen LogP contribution in [0, 0.1) is 0 Å². The molecule has 1 heterocycles. The average Bonchev–Trinajstić information content (AvgIpc) is 2.44. The van der Waals surface area contributed by atoms with Gasteiger partial charge in [-0.1, -0.05) is 34.8 Å². The lowest BCUT2D eigenvalue weighted by atomic mass is 10.3. The quantitative estimate of drug-likeness (QED) is 0.652. The third-order valence-electron chi connectivity index (χ3n) is 1.49. The molecule has 1 aromatic carbocycles. The molecule has 0 saturated carbocycles. The van der Waals surface area contributed by atoms with Crippen molar-refractivity contribution in [3.8, 4) is 0 Å². The smallest absolute Gasteiger partial charge is 0.293 e. The maximum absolute atomic E-state index is 5.84. The molecule has 0 N–H and O–H groups in total. The molecule has 0 spiro atoms. The van der Waals surface area contributed by atoms with Gasteiger partial charge in [0.25, 0.3) is 5.35 Å². The molecule has 6 heteroatoms. The van der Waals surface area contributed by atoms with Gasteiger partial charge in [0.05, 0.1) is 15.1 Å². The molecule has 2 rings (SSSR count). The Morgan fingerprint density at radius 1 is 1.08 bits per heavy atom. The Morgan fingerprint density at radius 2 is 1.77 bits per heavy atom. The highest BCUT2D eigenvalue weighted by atomic mass is 35.5. The number of hydrogen-bond acceptors (Lipinski definition) is 2. The molecule has 0 atom stereocenters. The lowest BCUT2D eigenvalue weighted by Gasteiger charge is -1.96. The van der Waals surface area contributed by atoms with Crippen molar-refractivity contribution < 1.29 is 4.42 Å². The topological polar surface area (TPSA) is 26.0 Å². The number of halogens is 4. The standard InChI is InChI=1S/C7HCl4NO/c8-2-1-3(9)6-5(4(2)10)12-7(11)13-6/h1H. The molecule has 0 radical (unpaired) electrons. The van der Waals surface area contributed by atoms with Gasteiger partial charge in [0.2, 0.25) is 0 Å². The average molecular weight is 257 g/mol. The number of fused-ring (bicyclic) bond motifs is 1. The molecule has 0 amide bonds. The first kappa shape index (κ1) is 9.41. The predicted octanol–water partition coefficient (Wildman–Crippen LogP) is 4.44. The fourth-order valence-corrected chi connectivity index (χ4v) is 1.79. The Bertz CT molecular complexity index is 479. The van der Waals surface area contributed by atoms with Gasteiger partial charge in [0, 0.05) is 0 Å². The second-order valence-corrected chi connectivity index (χ2v) is 3.81. The Hall–Kier alpha value is -0.150. The molecule has 0 saturated heterocycles. The normalized spacial score (nSPS) is 11.1. The summed E-state index contributed by atoms with van der Waals surface area (Å²) in [6.45, 7) is 0. The van der Waals surface area contributed by atoms with E-state index in [1.807, 2.05) is 0 Å². The van der Waals surface area contributed by atoms with Gasteiger partial charge in [0.15, 0.2) is 5.58 Å². The SMILES string of the molecule is Clc1nc2c(Cl)c(Cl)cc(Cl)c2o1. The van der Waals surface area contributed by atoms with Crippen molar-refractivity contribution in [1.29, 1.82) is 0 Å². The monoisotopic (exact) mass is 255 g/mol. The lowest BCUT2D eigenvalue weighted by molar-refractivity contribution is 0.604. The van der Waals surface area contributed by atoms with Gasteiger partial charge in [-0.2, -0.15) is 4.98 Å². The fourth-order valence-electron chi connectivity index (χ4n) is 0.958. The van der Waals surface area contributed by atoms with Gasteiger partial charge < -0.3 is 4.42 Å². The van der Waals surface area contributed by atoms with Crippen LogP contribution in [-0.4, -0.2) is 4.98 Å². The van der Waals surface area contributed by atoms with Crippen LogP contribution in [0.1, 0.15) is 0 Å². The Morgan fingerprint density at radius 3 is 2.46 bits per heavy atom. The van der Waals surface area contributed by atoms with Gasteiger partial charge in [-0.15, -0.1) is 0 Å². The summed E-state index contributed by atoms with van der Waals surface area (Å²) in [6.07, 6.45) is 0. The molecule has 2 aromatic rings. The first-order valence-electron chi connectivity index (χ1n) is 3.19. The molecule has 1 aromatic heterocycles. The summed E-state index contributed by atoms with van der Waals surface area (Å²) < 4.78 is 5.01. The van der Waals surface area contributed by atoms with Crippen LogP contribution < -0.4 is 0 Å². The molecule has 0 aliphatic rings. The van der Waals surface area contributed by atoms with E-state index in [-0.39, 0.29) is 10.4 Å². The molecule has 0 fully saturated rings. The molecular formula is C7HCl4NO. The van der Waals surface area contributed by atoms with Gasteiger partial charge in [-0.05, 0) is 17.7 Å². The predicted molar refractivity (Wildman–Crippen MR) is 54.0 cm³/mol. The number of benzene rings is 1. The van der Waals surface area contributed by atoms with Gasteiger partial charge >= 0.3 is 0 Å². The number of nitrogens with zero attached hydrogens (tertiary/aromatic N) is 1. The maximum atomic E-state index is 5.84. The van der Waals surface area contributed by atoms with Crippen molar-refractivity contribution in [1.82, 2.24) is 4.98 Å². The zero-order chi connectivity index (χ0) is 9.59. The van der Waals surface area contributed by atoms with Crippen molar-refractivity contribution in [3.05, 3.63) is 26.5 Å². The van der Waals surface area contributed by atoms with E-state index in [1.54, 1.807) is 0 Å². The van der Waals surface area contributed by atoms with E-state index in [0.29, 0.717) is 21.1 Å². The molecule has 0 unspecified atom stereocenters. The van der Waals surface area contributed by atoms with Crippen LogP contribution in [0.25, 0.3) is 11.1 Å². The van der Waals surface area contributed by atoms with Crippen LogP contribution in [0.4, 0.5) is 0 Å². The molecule has 68 valence electrons. The van der Waals surface area contributed by atoms with E-state index in [9.17, 15) is 0 Å². The Labute approximate surface area is 93.3 Å². The van der Waals surface area contributed by atoms with Crippen molar-refractivity contribution in [2.75, 3.05) is 0 Å². The minimum Gasteiger partial charge on any atom is -0.426 e. The zero-order valence-corrected chi connectivity index (χ0v) is 8.97. The minimum atomic E-state index is -0.0129. The summed E-state index contributed by atoms with van der Waals surface area (Å²) in [5, 5.41) is 0.936. The summed E-state index contributed by atoms with van der Waals surface area (Å²) >= 11 is 23.0. The van der Waals surface area contributed by atoms with Gasteiger partial charge in [-0.3, -0.25) is 0 Å². The molecule has 0 bridgehead atoms. The van der Waals surface area contributed by atoms with E-state index in [0.717, 1.165) is 0 Å². The Kier molecular flexibility index (Phi) is 2.32. The van der Waals surface area contributed by atoms with Gasteiger partial charge in [-0.25, -0.2) is 0 Å². The third-order valence-corrected chi connectivity index (χ3v) is 2.71. The summed E-state index contributed by atoms with van der Waals surface area (Å²) in [7, 11) is 0. The molecule has 13 heavy (non-hydrogen) atoms. The van der Waals surface area contributed by atoms with E-state index < -0.39 is 0 Å². The minimum absolute atomic E-state index is 0.0129. The number of hydrogen-bond donors (Lipinski definition) is 0. The van der Waals surface area contributed by atoms with Gasteiger partial charge in [0.1, 0.15) is 5.52 Å². The van der Waals surface area contributed by atoms with Crippen LogP contribution in [-0.2, 0) is 0 Å². The second-order valence-electron chi connectivity index (χ2n) is 2.30. The maximum Gasteiger partial charge on any atom is 0.293 e. The second kappa shape index (κ2) is 3.21. The lowest BCUT2D eigenvalue weighted by Crippen LogP contribution is -1.74. The zero-order valence-electron chi connectivity index (χ0n) is 5.94. The largest absolute Gasteiger partial charge is 0.426 e. The highest BCUT2D eigenvalue weighted by Gasteiger charge is 2.14. The third kappa shape index (κ3) is 1.48. The molecule has 0 aliphatic heterocycles. The summed E-state index contributed by atoms with van der Waals surface area (Å²) in [4.78, 5) is 3.83. The van der Waals surface area contributed by atoms with Crippen LogP contribution >= 0.6 is 46.4 Å². The number of oxazole rings is 1. The van der Waals surface area contributed by atoms with Crippen molar-refractivity contribution >= 4 is 57.5 Å². The highest BCUT2D eigenvalue weighted by molar-refractivity contribution is 6.47. The summed E-state index contributed by atoms with van der Waals surface area (Å²) in [6, 6.07) is 1.48. The number of aromatic nitrogens is 1. The first-order chi connectivity index (χ1) is 6.09. The van der Waals surface area contributed by atoms with Crippen LogP contribution in [0.2, 0.25) is 20.4 Å². The van der Waals surface area contributed by atoms with E-state index >= 15 is 0 Å². The van der Waals surface area contributed by atoms with Crippen molar-refractivity contribution in [3.63, 3.8) is 0 Å². The fraction of sp³-hybridized carbons (Fsp3) is 0. The highest BCUT2D eigenvalue weighted by Crippen LogP contribution is 2.36. The molecular weight excluding hydrogens is 256 g/mol. The number of rotatable bonds is 0. The van der Waals surface area contributed by atoms with Crippen molar-refractivity contribution in [2.45, 2.75) is 0 Å². The van der Waals surface area contributed by atoms with E-state index in [4.69, 9.17) is 50.8 Å².